The molecule has 0 radical (unpaired) electrons. The summed E-state index contributed by atoms with van der Waals surface area (Å²) >= 11 is 0. The van der Waals surface area contributed by atoms with Gasteiger partial charge in [-0.25, -0.2) is 4.39 Å². The van der Waals surface area contributed by atoms with Crippen LogP contribution in [-0.4, -0.2) is 24.2 Å². The van der Waals surface area contributed by atoms with Crippen LogP contribution in [0.5, 0.6) is 0 Å². The average molecular weight is 254 g/mol. The van der Waals surface area contributed by atoms with Crippen LogP contribution < -0.4 is 0 Å². The van der Waals surface area contributed by atoms with Crippen molar-refractivity contribution in [2.45, 2.75) is 25.2 Å². The van der Waals surface area contributed by atoms with Gasteiger partial charge < -0.3 is 9.84 Å². The summed E-state index contributed by atoms with van der Waals surface area (Å²) in [5.41, 5.74) is 0.536. The van der Waals surface area contributed by atoms with E-state index in [1.165, 1.54) is 31.4 Å². The number of carboxylic acids is 1. The highest BCUT2D eigenvalue weighted by atomic mass is 19.1. The number of rotatable bonds is 6. The van der Waals surface area contributed by atoms with Crippen LogP contribution in [0.2, 0.25) is 0 Å². The number of carbonyl (C=O) groups is 2. The maximum absolute atomic E-state index is 12.7. The fourth-order valence-electron chi connectivity index (χ4n) is 1.68. The minimum absolute atomic E-state index is 0.182. The Hall–Kier alpha value is -1.91. The molecule has 0 heterocycles. The Kier molecular flexibility index (Phi) is 5.30. The number of halogens is 1. The first-order valence-electron chi connectivity index (χ1n) is 5.59. The van der Waals surface area contributed by atoms with Gasteiger partial charge in [0.1, 0.15) is 5.82 Å². The number of methoxy groups -OCH3 is 1. The first-order chi connectivity index (χ1) is 8.54. The molecule has 0 spiro atoms. The number of aliphatic carboxylic acids is 1. The maximum Gasteiger partial charge on any atom is 0.310 e. The summed E-state index contributed by atoms with van der Waals surface area (Å²) in [5, 5.41) is 9.11. The number of carboxylic acid groups (broad SMARTS) is 1. The van der Waals surface area contributed by atoms with E-state index in [0.717, 1.165) is 0 Å². The van der Waals surface area contributed by atoms with E-state index in [1.807, 2.05) is 0 Å². The van der Waals surface area contributed by atoms with Crippen molar-refractivity contribution in [1.82, 2.24) is 0 Å². The Morgan fingerprint density at radius 3 is 2.44 bits per heavy atom. The Bertz CT molecular complexity index is 414. The van der Waals surface area contributed by atoms with E-state index in [4.69, 9.17) is 5.11 Å². The summed E-state index contributed by atoms with van der Waals surface area (Å²) in [6.07, 6.45) is 0.915. The van der Waals surface area contributed by atoms with Crippen molar-refractivity contribution in [1.29, 1.82) is 0 Å². The second kappa shape index (κ2) is 6.74. The molecule has 1 rings (SSSR count). The zero-order valence-corrected chi connectivity index (χ0v) is 10.1. The van der Waals surface area contributed by atoms with Gasteiger partial charge in [0.15, 0.2) is 0 Å². The van der Waals surface area contributed by atoms with Crippen molar-refractivity contribution < 1.29 is 23.8 Å². The minimum Gasteiger partial charge on any atom is -0.481 e. The van der Waals surface area contributed by atoms with Crippen LogP contribution in [0, 0.1) is 5.82 Å². The molecule has 4 nitrogen and oxygen atoms in total. The molecule has 1 atom stereocenters. The zero-order valence-electron chi connectivity index (χ0n) is 10.1. The molecule has 1 aromatic carbocycles. The number of hydrogen-bond acceptors (Lipinski definition) is 3. The molecule has 0 fully saturated rings. The lowest BCUT2D eigenvalue weighted by atomic mass is 9.93. The SMILES string of the molecule is COC(=O)CCCC(C(=O)O)c1ccc(F)cc1. The second-order valence-corrected chi connectivity index (χ2v) is 3.91. The quantitative estimate of drug-likeness (QED) is 0.791. The van der Waals surface area contributed by atoms with E-state index >= 15 is 0 Å². The third kappa shape index (κ3) is 4.16. The van der Waals surface area contributed by atoms with Crippen LogP contribution in [-0.2, 0) is 14.3 Å². The fraction of sp³-hybridized carbons (Fsp3) is 0.385. The summed E-state index contributed by atoms with van der Waals surface area (Å²) in [5.74, 6) is -2.47. The van der Waals surface area contributed by atoms with E-state index in [1.54, 1.807) is 0 Å². The molecule has 0 aliphatic heterocycles. The molecule has 0 saturated carbocycles. The summed E-state index contributed by atoms with van der Waals surface area (Å²) in [6.45, 7) is 0. The number of hydrogen-bond donors (Lipinski definition) is 1. The molecule has 1 unspecified atom stereocenters. The molecule has 1 aromatic rings. The first kappa shape index (κ1) is 14.2. The lowest BCUT2D eigenvalue weighted by Crippen LogP contribution is -2.12. The van der Waals surface area contributed by atoms with E-state index in [9.17, 15) is 14.0 Å². The number of carbonyl (C=O) groups excluding carboxylic acids is 1. The topological polar surface area (TPSA) is 63.6 Å². The lowest BCUT2D eigenvalue weighted by Gasteiger charge is -2.12. The second-order valence-electron chi connectivity index (χ2n) is 3.91. The van der Waals surface area contributed by atoms with E-state index < -0.39 is 17.7 Å². The Labute approximate surface area is 104 Å². The van der Waals surface area contributed by atoms with Crippen molar-refractivity contribution in [2.75, 3.05) is 7.11 Å². The summed E-state index contributed by atoms with van der Waals surface area (Å²) < 4.78 is 17.2. The van der Waals surface area contributed by atoms with Crippen molar-refractivity contribution >= 4 is 11.9 Å². The summed E-state index contributed by atoms with van der Waals surface area (Å²) in [7, 11) is 1.29. The lowest BCUT2D eigenvalue weighted by molar-refractivity contribution is -0.142. The monoisotopic (exact) mass is 254 g/mol. The fourth-order valence-corrected chi connectivity index (χ4v) is 1.68. The predicted molar refractivity (Wildman–Crippen MR) is 62.6 cm³/mol. The van der Waals surface area contributed by atoms with Crippen LogP contribution >= 0.6 is 0 Å². The molecular formula is C13H15FO4. The largest absolute Gasteiger partial charge is 0.481 e. The van der Waals surface area contributed by atoms with Gasteiger partial charge in [-0.2, -0.15) is 0 Å². The molecule has 0 aliphatic carbocycles. The highest BCUT2D eigenvalue weighted by molar-refractivity contribution is 5.76. The van der Waals surface area contributed by atoms with Gasteiger partial charge in [-0.15, -0.1) is 0 Å². The van der Waals surface area contributed by atoms with Crippen molar-refractivity contribution in [2.24, 2.45) is 0 Å². The normalized spacial score (nSPS) is 11.9. The summed E-state index contributed by atoms with van der Waals surface area (Å²) in [4.78, 5) is 22.0. The minimum atomic E-state index is -0.980. The average Bonchev–Trinajstić information content (AvgIpc) is 2.35. The summed E-state index contributed by atoms with van der Waals surface area (Å²) in [6, 6.07) is 5.36. The zero-order chi connectivity index (χ0) is 13.5. The molecule has 0 bridgehead atoms. The predicted octanol–water partition coefficient (Wildman–Crippen LogP) is 2.34. The highest BCUT2D eigenvalue weighted by Gasteiger charge is 2.19. The van der Waals surface area contributed by atoms with E-state index in [2.05, 4.69) is 4.74 Å². The smallest absolute Gasteiger partial charge is 0.310 e. The van der Waals surface area contributed by atoms with Crippen LogP contribution in [0.1, 0.15) is 30.7 Å². The Morgan fingerprint density at radius 1 is 1.33 bits per heavy atom. The highest BCUT2D eigenvalue weighted by Crippen LogP contribution is 2.22. The molecule has 98 valence electrons. The van der Waals surface area contributed by atoms with Gasteiger partial charge in [-0.3, -0.25) is 9.59 Å². The maximum atomic E-state index is 12.7. The van der Waals surface area contributed by atoms with Crippen LogP contribution in [0.4, 0.5) is 4.39 Å². The molecular weight excluding hydrogens is 239 g/mol. The standard InChI is InChI=1S/C13H15FO4/c1-18-12(15)4-2-3-11(13(16)17)9-5-7-10(14)8-6-9/h5-8,11H,2-4H2,1H3,(H,16,17). The molecule has 18 heavy (non-hydrogen) atoms. The molecule has 1 N–H and O–H groups in total. The van der Waals surface area contributed by atoms with Gasteiger partial charge in [-0.1, -0.05) is 12.1 Å². The van der Waals surface area contributed by atoms with E-state index in [0.29, 0.717) is 18.4 Å². The Morgan fingerprint density at radius 2 is 1.94 bits per heavy atom. The van der Waals surface area contributed by atoms with Gasteiger partial charge >= 0.3 is 11.9 Å². The number of ether oxygens (including phenoxy) is 1. The van der Waals surface area contributed by atoms with Gasteiger partial charge in [0, 0.05) is 6.42 Å². The van der Waals surface area contributed by atoms with Crippen molar-refractivity contribution in [3.63, 3.8) is 0 Å². The van der Waals surface area contributed by atoms with Crippen molar-refractivity contribution in [3.8, 4) is 0 Å². The van der Waals surface area contributed by atoms with Crippen molar-refractivity contribution in [3.05, 3.63) is 35.6 Å². The molecule has 0 amide bonds. The van der Waals surface area contributed by atoms with Gasteiger partial charge in [0.25, 0.3) is 0 Å². The molecule has 0 aromatic heterocycles. The van der Waals surface area contributed by atoms with Gasteiger partial charge in [0.05, 0.1) is 13.0 Å². The van der Waals surface area contributed by atoms with Gasteiger partial charge in [-0.05, 0) is 30.5 Å². The van der Waals surface area contributed by atoms with Gasteiger partial charge in [0.2, 0.25) is 0 Å². The number of benzene rings is 1. The van der Waals surface area contributed by atoms with Crippen LogP contribution in [0.3, 0.4) is 0 Å². The van der Waals surface area contributed by atoms with Crippen LogP contribution in [0.15, 0.2) is 24.3 Å². The van der Waals surface area contributed by atoms with Crippen LogP contribution in [0.25, 0.3) is 0 Å². The van der Waals surface area contributed by atoms with E-state index in [-0.39, 0.29) is 12.4 Å². The molecule has 0 saturated heterocycles. The molecule has 5 heteroatoms. The third-order valence-electron chi connectivity index (χ3n) is 2.67. The Balaban J connectivity index is 2.63. The molecule has 0 aliphatic rings. The third-order valence-corrected chi connectivity index (χ3v) is 2.67. The number of esters is 1. The first-order valence-corrected chi connectivity index (χ1v) is 5.59.